The van der Waals surface area contributed by atoms with Gasteiger partial charge in [-0.25, -0.2) is 9.67 Å². The van der Waals surface area contributed by atoms with Crippen LogP contribution in [0.2, 0.25) is 0 Å². The maximum atomic E-state index is 12.7. The van der Waals surface area contributed by atoms with Crippen LogP contribution < -0.4 is 15.1 Å². The van der Waals surface area contributed by atoms with E-state index in [9.17, 15) is 18.0 Å². The minimum absolute atomic E-state index is 0.0496. The van der Waals surface area contributed by atoms with E-state index < -0.39 is 6.36 Å². The van der Waals surface area contributed by atoms with E-state index in [1.165, 1.54) is 47.0 Å². The van der Waals surface area contributed by atoms with Crippen LogP contribution in [0, 0.1) is 0 Å². The molecular weight excluding hydrogens is 599 g/mol. The van der Waals surface area contributed by atoms with Gasteiger partial charge in [0.2, 0.25) is 11.0 Å². The summed E-state index contributed by atoms with van der Waals surface area (Å²) in [5.74, 6) is 0.349. The predicted molar refractivity (Wildman–Crippen MR) is 165 cm³/mol. The van der Waals surface area contributed by atoms with E-state index in [2.05, 4.69) is 37.3 Å². The highest BCUT2D eigenvalue weighted by atomic mass is 32.2. The van der Waals surface area contributed by atoms with Crippen molar-refractivity contribution in [2.24, 2.45) is 10.1 Å². The van der Waals surface area contributed by atoms with Crippen molar-refractivity contribution < 1.29 is 22.7 Å². The van der Waals surface area contributed by atoms with E-state index in [0.29, 0.717) is 16.7 Å². The van der Waals surface area contributed by atoms with Crippen LogP contribution >= 0.6 is 24.0 Å². The number of aromatic nitrogens is 3. The van der Waals surface area contributed by atoms with Crippen molar-refractivity contribution in [3.8, 4) is 22.8 Å². The highest BCUT2D eigenvalue weighted by Crippen LogP contribution is 2.30. The summed E-state index contributed by atoms with van der Waals surface area (Å²) < 4.78 is 42.5. The van der Waals surface area contributed by atoms with Crippen molar-refractivity contribution in [2.45, 2.75) is 26.1 Å². The van der Waals surface area contributed by atoms with Gasteiger partial charge in [0.05, 0.1) is 23.3 Å². The molecule has 0 unspecified atom stereocenters. The van der Waals surface area contributed by atoms with Crippen LogP contribution in [-0.4, -0.2) is 49.3 Å². The second-order valence-electron chi connectivity index (χ2n) is 9.14. The molecule has 1 N–H and O–H groups in total. The zero-order chi connectivity index (χ0) is 30.4. The molecule has 0 radical (unpaired) electrons. The van der Waals surface area contributed by atoms with Gasteiger partial charge >= 0.3 is 6.36 Å². The number of nitrogens with zero attached hydrogens (tertiary/aromatic N) is 6. The number of amidine groups is 1. The number of halogens is 3. The minimum atomic E-state index is -4.76. The standard InChI is InChI=1S/C29H24F3N7O2S2/c1-2-5-20-6-3-4-7-24(20)39-25(40)17-43-28(39)35-27(42)36-34-16-19-8-10-21(11-9-19)26-33-18-38(37-26)22-12-14-23(15-13-22)41-29(30,31)32/h3-4,6-16,18H,2,5,17H2,1H3,(H,36,42)/b34-16+,35-28?. The molecule has 0 bridgehead atoms. The van der Waals surface area contributed by atoms with Gasteiger partial charge in [0.15, 0.2) is 11.0 Å². The molecule has 43 heavy (non-hydrogen) atoms. The monoisotopic (exact) mass is 623 g/mol. The zero-order valence-electron chi connectivity index (χ0n) is 22.7. The van der Waals surface area contributed by atoms with Crippen LogP contribution in [0.25, 0.3) is 17.1 Å². The van der Waals surface area contributed by atoms with Crippen molar-refractivity contribution >= 4 is 52.1 Å². The summed E-state index contributed by atoms with van der Waals surface area (Å²) in [6, 6.07) is 20.4. The number of amides is 1. The Morgan fingerprint density at radius 3 is 2.58 bits per heavy atom. The second-order valence-corrected chi connectivity index (χ2v) is 10.5. The Labute approximate surface area is 254 Å². The molecule has 5 rings (SSSR count). The first-order valence-corrected chi connectivity index (χ1v) is 14.4. The van der Waals surface area contributed by atoms with Gasteiger partial charge in [-0.2, -0.15) is 10.1 Å². The van der Waals surface area contributed by atoms with E-state index in [0.717, 1.165) is 35.2 Å². The van der Waals surface area contributed by atoms with Crippen molar-refractivity contribution in [3.05, 3.63) is 90.3 Å². The van der Waals surface area contributed by atoms with Crippen molar-refractivity contribution in [2.75, 3.05) is 10.7 Å². The van der Waals surface area contributed by atoms with Gasteiger partial charge < -0.3 is 4.74 Å². The number of hydrogen-bond donors (Lipinski definition) is 1. The fourth-order valence-corrected chi connectivity index (χ4v) is 5.27. The maximum absolute atomic E-state index is 12.7. The number of anilines is 1. The second kappa shape index (κ2) is 13.2. The van der Waals surface area contributed by atoms with Gasteiger partial charge in [0, 0.05) is 5.56 Å². The minimum Gasteiger partial charge on any atom is -0.406 e. The quantitative estimate of drug-likeness (QED) is 0.143. The van der Waals surface area contributed by atoms with Gasteiger partial charge in [-0.1, -0.05) is 67.6 Å². The lowest BCUT2D eigenvalue weighted by Gasteiger charge is -2.19. The number of aliphatic imine (C=N–C) groups is 1. The number of hydrazone groups is 1. The number of para-hydroxylation sites is 1. The molecule has 1 saturated heterocycles. The molecular formula is C29H24F3N7O2S2. The lowest BCUT2D eigenvalue weighted by atomic mass is 10.1. The van der Waals surface area contributed by atoms with E-state index in [1.807, 2.05) is 48.5 Å². The Morgan fingerprint density at radius 1 is 1.12 bits per heavy atom. The lowest BCUT2D eigenvalue weighted by molar-refractivity contribution is -0.274. The van der Waals surface area contributed by atoms with E-state index in [4.69, 9.17) is 12.2 Å². The average Bonchev–Trinajstić information content (AvgIpc) is 3.61. The predicted octanol–water partition coefficient (Wildman–Crippen LogP) is 6.13. The normalized spacial score (nSPS) is 14.6. The van der Waals surface area contributed by atoms with Crippen LogP contribution in [0.15, 0.2) is 89.2 Å². The summed E-state index contributed by atoms with van der Waals surface area (Å²) in [5.41, 5.74) is 6.65. The molecule has 3 aromatic carbocycles. The average molecular weight is 624 g/mol. The summed E-state index contributed by atoms with van der Waals surface area (Å²) in [4.78, 5) is 23.0. The molecule has 1 fully saturated rings. The number of nitrogens with one attached hydrogen (secondary N) is 1. The number of hydrogen-bond acceptors (Lipinski definition) is 7. The smallest absolute Gasteiger partial charge is 0.406 e. The lowest BCUT2D eigenvalue weighted by Crippen LogP contribution is -2.31. The van der Waals surface area contributed by atoms with Gasteiger partial charge in [-0.3, -0.25) is 15.1 Å². The van der Waals surface area contributed by atoms with Crippen LogP contribution in [0.5, 0.6) is 5.75 Å². The number of benzene rings is 3. The molecule has 9 nitrogen and oxygen atoms in total. The van der Waals surface area contributed by atoms with Crippen molar-refractivity contribution in [3.63, 3.8) is 0 Å². The Hall–Kier alpha value is -4.56. The third kappa shape index (κ3) is 7.64. The third-order valence-corrected chi connectivity index (χ3v) is 7.19. The first-order valence-electron chi connectivity index (χ1n) is 13.0. The Balaban J connectivity index is 1.20. The number of rotatable bonds is 8. The summed E-state index contributed by atoms with van der Waals surface area (Å²) in [6.45, 7) is 2.09. The topological polar surface area (TPSA) is 97.0 Å². The van der Waals surface area contributed by atoms with Crippen LogP contribution in [-0.2, 0) is 11.2 Å². The molecule has 0 atom stereocenters. The number of thiocarbonyl (C=S) groups is 1. The molecule has 4 aromatic rings. The molecule has 1 aliphatic heterocycles. The summed E-state index contributed by atoms with van der Waals surface area (Å²) in [5, 5.41) is 9.20. The molecule has 1 aliphatic rings. The summed E-state index contributed by atoms with van der Waals surface area (Å²) >= 11 is 6.68. The molecule has 1 amide bonds. The zero-order valence-corrected chi connectivity index (χ0v) is 24.3. The Kier molecular flexibility index (Phi) is 9.16. The van der Waals surface area contributed by atoms with Crippen LogP contribution in [0.4, 0.5) is 18.9 Å². The van der Waals surface area contributed by atoms with E-state index in [1.54, 1.807) is 11.1 Å². The number of aryl methyl sites for hydroxylation is 1. The van der Waals surface area contributed by atoms with Gasteiger partial charge in [-0.05, 0) is 60.1 Å². The fraction of sp³-hybridized carbons (Fsp3) is 0.172. The van der Waals surface area contributed by atoms with Crippen molar-refractivity contribution in [1.82, 2.24) is 20.2 Å². The first kappa shape index (κ1) is 29.9. The van der Waals surface area contributed by atoms with E-state index >= 15 is 0 Å². The number of alkyl halides is 3. The summed E-state index contributed by atoms with van der Waals surface area (Å²) in [6.07, 6.45) is 0.0916. The SMILES string of the molecule is CCCc1ccccc1N1C(=O)CSC1=NC(=S)N/N=C/c1ccc(-c2ncn(-c3ccc(OC(F)(F)F)cc3)n2)cc1. The number of carbonyl (C=O) groups excluding carboxylic acids is 1. The number of ether oxygens (including phenoxy) is 1. The maximum Gasteiger partial charge on any atom is 0.573 e. The van der Waals surface area contributed by atoms with Crippen LogP contribution in [0.1, 0.15) is 24.5 Å². The fourth-order valence-electron chi connectivity index (χ4n) is 4.20. The van der Waals surface area contributed by atoms with Crippen LogP contribution in [0.3, 0.4) is 0 Å². The molecule has 2 heterocycles. The largest absolute Gasteiger partial charge is 0.573 e. The Bertz CT molecular complexity index is 1670. The molecule has 1 aromatic heterocycles. The highest BCUT2D eigenvalue weighted by Gasteiger charge is 2.32. The first-order chi connectivity index (χ1) is 20.7. The molecule has 0 spiro atoms. The third-order valence-electron chi connectivity index (χ3n) is 6.08. The number of carbonyl (C=O) groups is 1. The van der Waals surface area contributed by atoms with Gasteiger partial charge in [0.1, 0.15) is 12.1 Å². The number of thioether (sulfide) groups is 1. The Morgan fingerprint density at radius 2 is 1.86 bits per heavy atom. The summed E-state index contributed by atoms with van der Waals surface area (Å²) in [7, 11) is 0. The van der Waals surface area contributed by atoms with E-state index in [-0.39, 0.29) is 22.5 Å². The molecule has 220 valence electrons. The van der Waals surface area contributed by atoms with Crippen molar-refractivity contribution in [1.29, 1.82) is 0 Å². The highest BCUT2D eigenvalue weighted by molar-refractivity contribution is 8.15. The molecule has 14 heteroatoms. The molecule has 0 saturated carbocycles. The van der Waals surface area contributed by atoms with Gasteiger partial charge in [0.25, 0.3) is 0 Å². The molecule has 0 aliphatic carbocycles. The van der Waals surface area contributed by atoms with Gasteiger partial charge in [-0.15, -0.1) is 18.3 Å².